The second kappa shape index (κ2) is 4.40. The quantitative estimate of drug-likeness (QED) is 0.567. The van der Waals surface area contributed by atoms with Crippen molar-refractivity contribution in [3.05, 3.63) is 35.4 Å². The summed E-state index contributed by atoms with van der Waals surface area (Å²) in [7, 11) is 1.87. The van der Waals surface area contributed by atoms with Crippen molar-refractivity contribution in [3.8, 4) is 0 Å². The molecule has 0 amide bonds. The van der Waals surface area contributed by atoms with Gasteiger partial charge in [-0.3, -0.25) is 5.84 Å². The first-order valence-corrected chi connectivity index (χ1v) is 4.64. The summed E-state index contributed by atoms with van der Waals surface area (Å²) in [5.74, 6) is 6.16. The van der Waals surface area contributed by atoms with Crippen molar-refractivity contribution in [1.82, 2.24) is 5.01 Å². The predicted molar refractivity (Wildman–Crippen MR) is 56.2 cm³/mol. The maximum absolute atomic E-state index is 5.56. The second-order valence-electron chi connectivity index (χ2n) is 3.81. The molecule has 0 aliphatic carbocycles. The maximum atomic E-state index is 5.56. The van der Waals surface area contributed by atoms with Crippen molar-refractivity contribution < 1.29 is 0 Å². The molecule has 2 N–H and O–H groups in total. The number of hydrazine groups is 1. The minimum absolute atomic E-state index is 0.602. The Kier molecular flexibility index (Phi) is 3.46. The molecule has 0 saturated carbocycles. The molecule has 0 aliphatic rings. The third-order valence-corrected chi connectivity index (χ3v) is 2.08. The predicted octanol–water partition coefficient (Wildman–Crippen LogP) is 2.12. The minimum Gasteiger partial charge on any atom is -0.269 e. The Labute approximate surface area is 80.3 Å². The Morgan fingerprint density at radius 1 is 1.23 bits per heavy atom. The lowest BCUT2D eigenvalue weighted by atomic mass is 10.0. The van der Waals surface area contributed by atoms with Crippen LogP contribution in [0.15, 0.2) is 24.3 Å². The SMILES string of the molecule is CC(C)c1ccc(CN(C)N)cc1. The highest BCUT2D eigenvalue weighted by atomic mass is 15.4. The zero-order chi connectivity index (χ0) is 9.84. The summed E-state index contributed by atoms with van der Waals surface area (Å²) in [5, 5.41) is 1.68. The number of benzene rings is 1. The van der Waals surface area contributed by atoms with Crippen LogP contribution in [0.2, 0.25) is 0 Å². The monoisotopic (exact) mass is 178 g/mol. The fourth-order valence-electron chi connectivity index (χ4n) is 1.30. The molecule has 0 aromatic heterocycles. The van der Waals surface area contributed by atoms with Crippen LogP contribution in [0.25, 0.3) is 0 Å². The molecular formula is C11H18N2. The van der Waals surface area contributed by atoms with E-state index in [1.54, 1.807) is 5.01 Å². The van der Waals surface area contributed by atoms with E-state index >= 15 is 0 Å². The lowest BCUT2D eigenvalue weighted by Gasteiger charge is -2.10. The maximum Gasteiger partial charge on any atom is 0.0376 e. The average molecular weight is 178 g/mol. The van der Waals surface area contributed by atoms with Crippen molar-refractivity contribution in [3.63, 3.8) is 0 Å². The van der Waals surface area contributed by atoms with Gasteiger partial charge >= 0.3 is 0 Å². The molecule has 72 valence electrons. The first kappa shape index (κ1) is 10.2. The first-order chi connectivity index (χ1) is 6.09. The van der Waals surface area contributed by atoms with Gasteiger partial charge in [-0.05, 0) is 17.0 Å². The highest BCUT2D eigenvalue weighted by molar-refractivity contribution is 5.24. The molecule has 1 rings (SSSR count). The van der Waals surface area contributed by atoms with E-state index in [2.05, 4.69) is 38.1 Å². The van der Waals surface area contributed by atoms with E-state index in [1.807, 2.05) is 7.05 Å². The third-order valence-electron chi connectivity index (χ3n) is 2.08. The van der Waals surface area contributed by atoms with Gasteiger partial charge < -0.3 is 0 Å². The van der Waals surface area contributed by atoms with Crippen LogP contribution < -0.4 is 5.84 Å². The molecule has 2 heteroatoms. The van der Waals surface area contributed by atoms with E-state index < -0.39 is 0 Å². The van der Waals surface area contributed by atoms with Gasteiger partial charge in [0.25, 0.3) is 0 Å². The van der Waals surface area contributed by atoms with Crippen LogP contribution in [-0.2, 0) is 6.54 Å². The van der Waals surface area contributed by atoms with Crippen molar-refractivity contribution >= 4 is 0 Å². The van der Waals surface area contributed by atoms with Crippen LogP contribution in [0.3, 0.4) is 0 Å². The summed E-state index contributed by atoms with van der Waals surface area (Å²) in [6, 6.07) is 8.62. The van der Waals surface area contributed by atoms with Crippen LogP contribution in [0.1, 0.15) is 30.9 Å². The standard InChI is InChI=1S/C11H18N2/c1-9(2)11-6-4-10(5-7-11)8-13(3)12/h4-7,9H,8,12H2,1-3H3. The van der Waals surface area contributed by atoms with Crippen molar-refractivity contribution in [2.24, 2.45) is 5.84 Å². The summed E-state index contributed by atoms with van der Waals surface area (Å²) < 4.78 is 0. The zero-order valence-electron chi connectivity index (χ0n) is 8.62. The molecule has 0 radical (unpaired) electrons. The van der Waals surface area contributed by atoms with Crippen LogP contribution >= 0.6 is 0 Å². The smallest absolute Gasteiger partial charge is 0.0376 e. The highest BCUT2D eigenvalue weighted by Crippen LogP contribution is 2.14. The molecule has 0 bridgehead atoms. The van der Waals surface area contributed by atoms with Crippen molar-refractivity contribution in [2.75, 3.05) is 7.05 Å². The molecule has 0 saturated heterocycles. The molecule has 1 aromatic carbocycles. The number of hydrogen-bond acceptors (Lipinski definition) is 2. The van der Waals surface area contributed by atoms with Gasteiger partial charge in [-0.2, -0.15) is 0 Å². The van der Waals surface area contributed by atoms with E-state index in [0.29, 0.717) is 5.92 Å². The molecule has 1 aromatic rings. The normalized spacial score (nSPS) is 11.2. The molecule has 0 unspecified atom stereocenters. The Hall–Kier alpha value is -0.860. The lowest BCUT2D eigenvalue weighted by molar-refractivity contribution is 0.341. The Balaban J connectivity index is 2.70. The minimum atomic E-state index is 0.602. The summed E-state index contributed by atoms with van der Waals surface area (Å²) >= 11 is 0. The number of hydrogen-bond donors (Lipinski definition) is 1. The topological polar surface area (TPSA) is 29.3 Å². The Morgan fingerprint density at radius 3 is 2.15 bits per heavy atom. The molecular weight excluding hydrogens is 160 g/mol. The van der Waals surface area contributed by atoms with Crippen molar-refractivity contribution in [1.29, 1.82) is 0 Å². The summed E-state index contributed by atoms with van der Waals surface area (Å²) in [4.78, 5) is 0. The fourth-order valence-corrected chi connectivity index (χ4v) is 1.30. The average Bonchev–Trinajstić information content (AvgIpc) is 2.04. The second-order valence-corrected chi connectivity index (χ2v) is 3.81. The summed E-state index contributed by atoms with van der Waals surface area (Å²) in [6.45, 7) is 5.20. The van der Waals surface area contributed by atoms with Gasteiger partial charge in [0.1, 0.15) is 0 Å². The van der Waals surface area contributed by atoms with Gasteiger partial charge in [0.2, 0.25) is 0 Å². The van der Waals surface area contributed by atoms with Crippen LogP contribution in [0.4, 0.5) is 0 Å². The fraction of sp³-hybridized carbons (Fsp3) is 0.455. The molecule has 0 fully saturated rings. The molecule has 0 spiro atoms. The van der Waals surface area contributed by atoms with Gasteiger partial charge in [0, 0.05) is 13.6 Å². The first-order valence-electron chi connectivity index (χ1n) is 4.64. The lowest BCUT2D eigenvalue weighted by Crippen LogP contribution is -2.24. The molecule has 0 aliphatic heterocycles. The van der Waals surface area contributed by atoms with Crippen LogP contribution in [0, 0.1) is 0 Å². The number of nitrogens with zero attached hydrogens (tertiary/aromatic N) is 1. The van der Waals surface area contributed by atoms with Gasteiger partial charge in [-0.1, -0.05) is 38.1 Å². The van der Waals surface area contributed by atoms with E-state index in [9.17, 15) is 0 Å². The Morgan fingerprint density at radius 2 is 1.77 bits per heavy atom. The number of rotatable bonds is 3. The summed E-state index contributed by atoms with van der Waals surface area (Å²) in [6.07, 6.45) is 0. The van der Waals surface area contributed by atoms with E-state index in [0.717, 1.165) is 6.54 Å². The van der Waals surface area contributed by atoms with E-state index in [-0.39, 0.29) is 0 Å². The molecule has 0 atom stereocenters. The van der Waals surface area contributed by atoms with Gasteiger partial charge in [-0.25, -0.2) is 5.01 Å². The highest BCUT2D eigenvalue weighted by Gasteiger charge is 1.99. The van der Waals surface area contributed by atoms with E-state index in [1.165, 1.54) is 11.1 Å². The summed E-state index contributed by atoms with van der Waals surface area (Å²) in [5.41, 5.74) is 2.64. The van der Waals surface area contributed by atoms with Crippen LogP contribution in [-0.4, -0.2) is 12.1 Å². The zero-order valence-corrected chi connectivity index (χ0v) is 8.62. The molecule has 2 nitrogen and oxygen atoms in total. The largest absolute Gasteiger partial charge is 0.269 e. The van der Waals surface area contributed by atoms with Gasteiger partial charge in [0.15, 0.2) is 0 Å². The van der Waals surface area contributed by atoms with E-state index in [4.69, 9.17) is 5.84 Å². The molecule has 0 heterocycles. The third kappa shape index (κ3) is 3.17. The Bertz CT molecular complexity index is 249. The van der Waals surface area contributed by atoms with Crippen molar-refractivity contribution in [2.45, 2.75) is 26.3 Å². The number of nitrogens with two attached hydrogens (primary N) is 1. The molecule has 13 heavy (non-hydrogen) atoms. The van der Waals surface area contributed by atoms with Gasteiger partial charge in [-0.15, -0.1) is 0 Å². The van der Waals surface area contributed by atoms with Gasteiger partial charge in [0.05, 0.1) is 0 Å². The van der Waals surface area contributed by atoms with Crippen LogP contribution in [0.5, 0.6) is 0 Å².